The van der Waals surface area contributed by atoms with Crippen LogP contribution in [0.25, 0.3) is 5.57 Å². The Morgan fingerprint density at radius 2 is 1.36 bits per heavy atom. The summed E-state index contributed by atoms with van der Waals surface area (Å²) in [5.41, 5.74) is 13.4. The molecule has 1 aliphatic carbocycles. The van der Waals surface area contributed by atoms with E-state index in [4.69, 9.17) is 10.8 Å². The van der Waals surface area contributed by atoms with Crippen LogP contribution in [0.2, 0.25) is 0 Å². The maximum absolute atomic E-state index is 11.1. The molecule has 3 N–H and O–H groups in total. The number of benzene rings is 2. The zero-order valence-corrected chi connectivity index (χ0v) is 20.0. The predicted octanol–water partition coefficient (Wildman–Crippen LogP) is 3.24. The Balaban J connectivity index is 2.01. The second kappa shape index (κ2) is 10.3. The second-order valence-electron chi connectivity index (χ2n) is 8.63. The van der Waals surface area contributed by atoms with Crippen LogP contribution >= 0.6 is 0 Å². The Labute approximate surface area is 196 Å². The molecule has 0 aromatic heterocycles. The summed E-state index contributed by atoms with van der Waals surface area (Å²) in [5, 5.41) is 9.09. The topological polar surface area (TPSA) is 72.8 Å². The molecule has 1 aliphatic rings. The Morgan fingerprint density at radius 3 is 1.79 bits per heavy atom. The molecule has 6 nitrogen and oxygen atoms in total. The van der Waals surface area contributed by atoms with Crippen molar-refractivity contribution in [3.8, 4) is 0 Å². The first-order valence-electron chi connectivity index (χ1n) is 10.9. The van der Waals surface area contributed by atoms with E-state index in [0.29, 0.717) is 0 Å². The van der Waals surface area contributed by atoms with E-state index in [1.165, 1.54) is 0 Å². The molecule has 1 atom stereocenters. The molecule has 0 spiro atoms. The van der Waals surface area contributed by atoms with E-state index in [2.05, 4.69) is 70.2 Å². The molecule has 0 saturated carbocycles. The van der Waals surface area contributed by atoms with E-state index < -0.39 is 12.0 Å². The van der Waals surface area contributed by atoms with Crippen molar-refractivity contribution in [2.75, 3.05) is 51.6 Å². The van der Waals surface area contributed by atoms with Crippen LogP contribution in [-0.4, -0.2) is 69.2 Å². The largest absolute Gasteiger partial charge is 0.480 e. The summed E-state index contributed by atoms with van der Waals surface area (Å²) in [6, 6.07) is 15.8. The molecule has 1 unspecified atom stereocenters. The van der Waals surface area contributed by atoms with Gasteiger partial charge in [0.15, 0.2) is 5.71 Å². The van der Waals surface area contributed by atoms with E-state index in [9.17, 15) is 4.79 Å². The Kier molecular flexibility index (Phi) is 7.51. The number of nitrogens with two attached hydrogens (primary N) is 1. The van der Waals surface area contributed by atoms with Crippen molar-refractivity contribution in [2.24, 2.45) is 5.73 Å². The summed E-state index contributed by atoms with van der Waals surface area (Å²) < 4.78 is 2.09. The fourth-order valence-corrected chi connectivity index (χ4v) is 3.71. The zero-order valence-electron chi connectivity index (χ0n) is 20.0. The summed E-state index contributed by atoms with van der Waals surface area (Å²) in [6.45, 7) is 0.239. The molecular weight excluding hydrogens is 412 g/mol. The van der Waals surface area contributed by atoms with E-state index in [1.807, 2.05) is 52.3 Å². The summed E-state index contributed by atoms with van der Waals surface area (Å²) in [7, 11) is 9.98. The summed E-state index contributed by atoms with van der Waals surface area (Å²) >= 11 is 0. The summed E-state index contributed by atoms with van der Waals surface area (Å²) in [4.78, 5) is 15.0. The summed E-state index contributed by atoms with van der Waals surface area (Å²) in [5.74, 6) is -1.00. The zero-order chi connectivity index (χ0) is 24.1. The van der Waals surface area contributed by atoms with Crippen molar-refractivity contribution < 1.29 is 14.5 Å². The molecule has 0 bridgehead atoms. The molecule has 0 amide bonds. The van der Waals surface area contributed by atoms with Crippen LogP contribution in [0, 0.1) is 0 Å². The minimum absolute atomic E-state index is 0.239. The van der Waals surface area contributed by atoms with Crippen LogP contribution < -0.4 is 15.5 Å². The third-order valence-electron chi connectivity index (χ3n) is 5.73. The minimum atomic E-state index is -1.00. The highest BCUT2D eigenvalue weighted by molar-refractivity contribution is 6.04. The highest BCUT2D eigenvalue weighted by atomic mass is 16.4. The number of aliphatic carboxylic acids is 1. The highest BCUT2D eigenvalue weighted by Crippen LogP contribution is 2.32. The second-order valence-corrected chi connectivity index (χ2v) is 8.63. The molecule has 0 fully saturated rings. The van der Waals surface area contributed by atoms with Gasteiger partial charge in [0.1, 0.15) is 20.1 Å². The number of allylic oxidation sites excluding steroid dienone is 5. The third kappa shape index (κ3) is 5.79. The van der Waals surface area contributed by atoms with Crippen LogP contribution in [0.1, 0.15) is 11.1 Å². The lowest BCUT2D eigenvalue weighted by atomic mass is 9.90. The van der Waals surface area contributed by atoms with Crippen LogP contribution in [0.3, 0.4) is 0 Å². The molecule has 0 heterocycles. The van der Waals surface area contributed by atoms with Crippen LogP contribution in [0.15, 0.2) is 78.4 Å². The molecule has 0 aliphatic heterocycles. The quantitative estimate of drug-likeness (QED) is 0.640. The minimum Gasteiger partial charge on any atom is -0.480 e. The van der Waals surface area contributed by atoms with Gasteiger partial charge in [0, 0.05) is 51.2 Å². The van der Waals surface area contributed by atoms with Gasteiger partial charge in [-0.15, -0.1) is 0 Å². The van der Waals surface area contributed by atoms with Gasteiger partial charge in [0.05, 0.1) is 0 Å². The van der Waals surface area contributed by atoms with Gasteiger partial charge in [-0.1, -0.05) is 24.3 Å². The maximum Gasteiger partial charge on any atom is 0.322 e. The average molecular weight is 446 g/mol. The molecule has 0 radical (unpaired) electrons. The molecule has 2 aromatic rings. The van der Waals surface area contributed by atoms with Gasteiger partial charge < -0.3 is 20.6 Å². The van der Waals surface area contributed by atoms with Crippen molar-refractivity contribution >= 4 is 28.6 Å². The molecule has 33 heavy (non-hydrogen) atoms. The maximum atomic E-state index is 11.1. The van der Waals surface area contributed by atoms with Gasteiger partial charge in [0.25, 0.3) is 0 Å². The molecular formula is C27H33N4O2+. The number of anilines is 2. The molecule has 3 rings (SSSR count). The molecule has 0 saturated heterocycles. The van der Waals surface area contributed by atoms with Gasteiger partial charge in [-0.25, -0.2) is 4.58 Å². The average Bonchev–Trinajstić information content (AvgIpc) is 2.80. The first-order valence-corrected chi connectivity index (χ1v) is 10.9. The fraction of sp³-hybridized carbons (Fsp3) is 0.259. The number of carboxylic acids is 1. The van der Waals surface area contributed by atoms with Crippen molar-refractivity contribution in [1.82, 2.24) is 0 Å². The van der Waals surface area contributed by atoms with E-state index in [1.54, 1.807) is 0 Å². The number of carbonyl (C=O) groups is 1. The van der Waals surface area contributed by atoms with E-state index >= 15 is 0 Å². The van der Waals surface area contributed by atoms with Crippen LogP contribution in [-0.2, 0) is 4.79 Å². The molecule has 6 heteroatoms. The Bertz CT molecular complexity index is 1100. The predicted molar refractivity (Wildman–Crippen MR) is 138 cm³/mol. The smallest absolute Gasteiger partial charge is 0.322 e. The lowest BCUT2D eigenvalue weighted by Gasteiger charge is -2.22. The standard InChI is InChI=1S/C27H32N4O2/c1-29(2)22-12-6-19(7-13-22)26(20-8-14-23(15-9-20)30(3)4)21-10-16-24(17-11-21)31(5)18-25(28)27(32)33/h6-17,25H,18,28H2,1-5H3/p+1. The highest BCUT2D eigenvalue weighted by Gasteiger charge is 2.16. The van der Waals surface area contributed by atoms with Gasteiger partial charge >= 0.3 is 5.97 Å². The van der Waals surface area contributed by atoms with Gasteiger partial charge in [-0.05, 0) is 58.7 Å². The fourth-order valence-electron chi connectivity index (χ4n) is 3.71. The number of carboxylic acid groups (broad SMARTS) is 1. The monoisotopic (exact) mass is 445 g/mol. The SMILES string of the molecule is CN(C)c1ccc(C(=C2C=CC(=[N+](C)C)C=C2)c2ccc(N(C)CC(N)C(=O)O)cc2)cc1. The van der Waals surface area contributed by atoms with Gasteiger partial charge in [0.2, 0.25) is 0 Å². The number of rotatable bonds is 7. The third-order valence-corrected chi connectivity index (χ3v) is 5.73. The van der Waals surface area contributed by atoms with E-state index in [0.717, 1.165) is 39.4 Å². The first-order chi connectivity index (χ1) is 15.7. The summed E-state index contributed by atoms with van der Waals surface area (Å²) in [6.07, 6.45) is 8.55. The van der Waals surface area contributed by atoms with Gasteiger partial charge in [-0.3, -0.25) is 4.79 Å². The molecule has 2 aromatic carbocycles. The number of hydrogen-bond donors (Lipinski definition) is 2. The first kappa shape index (κ1) is 24.0. The van der Waals surface area contributed by atoms with Crippen molar-refractivity contribution in [2.45, 2.75) is 6.04 Å². The van der Waals surface area contributed by atoms with Crippen LogP contribution in [0.4, 0.5) is 11.4 Å². The Hall–Kier alpha value is -3.64. The van der Waals surface area contributed by atoms with Crippen molar-refractivity contribution in [1.29, 1.82) is 0 Å². The van der Waals surface area contributed by atoms with Crippen LogP contribution in [0.5, 0.6) is 0 Å². The van der Waals surface area contributed by atoms with Gasteiger partial charge in [-0.2, -0.15) is 0 Å². The lowest BCUT2D eigenvalue weighted by Crippen LogP contribution is -2.41. The Morgan fingerprint density at radius 1 is 0.879 bits per heavy atom. The van der Waals surface area contributed by atoms with Crippen molar-refractivity contribution in [3.05, 3.63) is 89.5 Å². The number of likely N-dealkylation sites (N-methyl/N-ethyl adjacent to an activating group) is 1. The normalized spacial score (nSPS) is 13.6. The number of hydrogen-bond acceptors (Lipinski definition) is 4. The molecule has 172 valence electrons. The lowest BCUT2D eigenvalue weighted by molar-refractivity contribution is -0.462. The number of nitrogens with zero attached hydrogens (tertiary/aromatic N) is 3. The van der Waals surface area contributed by atoms with E-state index in [-0.39, 0.29) is 6.54 Å². The van der Waals surface area contributed by atoms with Crippen molar-refractivity contribution in [3.63, 3.8) is 0 Å².